The summed E-state index contributed by atoms with van der Waals surface area (Å²) >= 11 is 0. The molecule has 2 aromatic heterocycles. The van der Waals surface area contributed by atoms with E-state index in [2.05, 4.69) is 109 Å². The maximum absolute atomic E-state index is 4.97. The molecule has 0 saturated heterocycles. The summed E-state index contributed by atoms with van der Waals surface area (Å²) in [7, 11) is 0. The Kier molecular flexibility index (Phi) is 10.5. The van der Waals surface area contributed by atoms with E-state index < -0.39 is 0 Å². The Hall–Kier alpha value is -5.63. The van der Waals surface area contributed by atoms with E-state index in [4.69, 9.17) is 9.97 Å². The molecule has 1 radical (unpaired) electrons. The fourth-order valence-electron chi connectivity index (χ4n) is 6.23. The predicted octanol–water partition coefficient (Wildman–Crippen LogP) is 10.8. The van der Waals surface area contributed by atoms with Crippen molar-refractivity contribution in [3.8, 4) is 0 Å². The quantitative estimate of drug-likeness (QED) is 0.153. The van der Waals surface area contributed by atoms with Gasteiger partial charge in [-0.3, -0.25) is 0 Å². The minimum Gasteiger partial charge on any atom is -0.477 e. The maximum atomic E-state index is 4.97. The van der Waals surface area contributed by atoms with Gasteiger partial charge in [-0.05, 0) is 47.9 Å². The molecule has 0 bridgehead atoms. The standard InChI is InChI=1S/C27H26N4.C17H12N4.Ir/c1-18(2)20-9-13-22(14-10-20)30-17-31(23-15-11-21(12-16-23)19(3)4)27-26(30)28-24-7-5-6-8-25(24)29-27;1-3-7-14(8-4-1)20-13-21(15-9-5-2-6-10-15)17-16(20)18-11-12-19-17;/h5-15,17-19H,1-4H3;1-9,11-13H;/q2*-2;. The van der Waals surface area contributed by atoms with Gasteiger partial charge in [-0.15, -0.1) is 30.8 Å². The van der Waals surface area contributed by atoms with E-state index in [1.54, 1.807) is 12.4 Å². The van der Waals surface area contributed by atoms with E-state index in [1.165, 1.54) is 11.1 Å². The first kappa shape index (κ1) is 35.8. The number of para-hydroxylation sites is 4. The Morgan fingerprint density at radius 2 is 1.00 bits per heavy atom. The van der Waals surface area contributed by atoms with Crippen molar-refractivity contribution in [3.05, 3.63) is 170 Å². The number of nitrogens with zero attached hydrogens (tertiary/aromatic N) is 8. The van der Waals surface area contributed by atoms with E-state index in [9.17, 15) is 0 Å². The van der Waals surface area contributed by atoms with E-state index in [-0.39, 0.29) is 20.1 Å². The normalized spacial score (nSPS) is 13.2. The van der Waals surface area contributed by atoms with Crippen LogP contribution in [0.15, 0.2) is 134 Å². The topological polar surface area (TPSA) is 64.5 Å². The molecule has 5 aromatic carbocycles. The average molecular weight is 871 g/mol. The second kappa shape index (κ2) is 15.5. The third kappa shape index (κ3) is 7.23. The van der Waals surface area contributed by atoms with Gasteiger partial charge in [0.2, 0.25) is 0 Å². The summed E-state index contributed by atoms with van der Waals surface area (Å²) in [6, 6.07) is 47.7. The van der Waals surface area contributed by atoms with Gasteiger partial charge in [-0.1, -0.05) is 76.1 Å². The van der Waals surface area contributed by atoms with Crippen LogP contribution < -0.4 is 19.6 Å². The smallest absolute Gasteiger partial charge is 0.146 e. The molecule has 0 saturated carbocycles. The van der Waals surface area contributed by atoms with Gasteiger partial charge in [0.25, 0.3) is 0 Å². The van der Waals surface area contributed by atoms with Crippen molar-refractivity contribution in [1.29, 1.82) is 0 Å². The van der Waals surface area contributed by atoms with Crippen molar-refractivity contribution in [2.75, 3.05) is 19.6 Å². The molecule has 0 N–H and O–H groups in total. The van der Waals surface area contributed by atoms with Crippen LogP contribution in [0.1, 0.15) is 50.7 Å². The molecule has 2 aliphatic rings. The van der Waals surface area contributed by atoms with Crippen molar-refractivity contribution in [3.63, 3.8) is 0 Å². The van der Waals surface area contributed by atoms with Gasteiger partial charge in [0, 0.05) is 43.9 Å². The Labute approximate surface area is 325 Å². The van der Waals surface area contributed by atoms with Gasteiger partial charge < -0.3 is 19.6 Å². The monoisotopic (exact) mass is 871 g/mol. The zero-order chi connectivity index (χ0) is 35.6. The summed E-state index contributed by atoms with van der Waals surface area (Å²) in [4.78, 5) is 27.1. The van der Waals surface area contributed by atoms with Crippen LogP contribution in [-0.2, 0) is 20.1 Å². The molecule has 267 valence electrons. The zero-order valence-corrected chi connectivity index (χ0v) is 32.3. The molecule has 7 aromatic rings. The molecule has 0 unspecified atom stereocenters. The van der Waals surface area contributed by atoms with Crippen LogP contribution in [0.2, 0.25) is 0 Å². The summed E-state index contributed by atoms with van der Waals surface area (Å²) in [6.07, 6.45) is 3.41. The van der Waals surface area contributed by atoms with Gasteiger partial charge >= 0.3 is 0 Å². The van der Waals surface area contributed by atoms with Crippen LogP contribution in [-0.4, -0.2) is 19.9 Å². The molecule has 9 heteroatoms. The number of fused-ring (bicyclic) bond motifs is 3. The number of aromatic nitrogens is 4. The number of hydrogen-bond acceptors (Lipinski definition) is 8. The molecular weight excluding hydrogens is 833 g/mol. The first-order chi connectivity index (χ1) is 25.4. The van der Waals surface area contributed by atoms with Crippen LogP contribution in [0.25, 0.3) is 11.0 Å². The summed E-state index contributed by atoms with van der Waals surface area (Å²) < 4.78 is 0. The molecule has 0 spiro atoms. The largest absolute Gasteiger partial charge is 0.477 e. The summed E-state index contributed by atoms with van der Waals surface area (Å²) in [6.45, 7) is 12.9. The van der Waals surface area contributed by atoms with E-state index in [1.807, 2.05) is 95.3 Å². The molecule has 4 heterocycles. The van der Waals surface area contributed by atoms with Crippen molar-refractivity contribution < 1.29 is 20.1 Å². The Morgan fingerprint density at radius 3 is 1.58 bits per heavy atom. The SMILES string of the molecule is CC(C)c1c[c-]c(N2[CH-]N(c3ccc(C(C)C)cc3)c3nc4ccccc4nc32)cc1.[Ir].[c-]1ccccc1N1[CH-]N(c2ccccc2)c2nccnc21. The van der Waals surface area contributed by atoms with Crippen molar-refractivity contribution in [2.24, 2.45) is 0 Å². The number of rotatable bonds is 6. The molecule has 9 rings (SSSR count). The third-order valence-electron chi connectivity index (χ3n) is 9.14. The van der Waals surface area contributed by atoms with Gasteiger partial charge in [0.15, 0.2) is 0 Å². The summed E-state index contributed by atoms with van der Waals surface area (Å²) in [5.41, 5.74) is 8.38. The fraction of sp³-hybridized carbons (Fsp3) is 0.136. The zero-order valence-electron chi connectivity index (χ0n) is 29.9. The van der Waals surface area contributed by atoms with Crippen molar-refractivity contribution in [2.45, 2.75) is 39.5 Å². The Morgan fingerprint density at radius 1 is 0.491 bits per heavy atom. The summed E-state index contributed by atoms with van der Waals surface area (Å²) in [5, 5.41) is 0. The molecule has 8 nitrogen and oxygen atoms in total. The van der Waals surface area contributed by atoms with Crippen LogP contribution in [0.4, 0.5) is 46.0 Å². The first-order valence-electron chi connectivity index (χ1n) is 17.5. The van der Waals surface area contributed by atoms with Crippen LogP contribution >= 0.6 is 0 Å². The summed E-state index contributed by atoms with van der Waals surface area (Å²) in [5.74, 6) is 4.25. The molecule has 0 amide bonds. The molecule has 0 fully saturated rings. The third-order valence-corrected chi connectivity index (χ3v) is 9.14. The maximum Gasteiger partial charge on any atom is 0.146 e. The van der Waals surface area contributed by atoms with Gasteiger partial charge in [0.1, 0.15) is 23.3 Å². The Bertz CT molecular complexity index is 2120. The van der Waals surface area contributed by atoms with Gasteiger partial charge in [-0.25, -0.2) is 19.9 Å². The van der Waals surface area contributed by atoms with Crippen molar-refractivity contribution >= 4 is 57.1 Å². The minimum atomic E-state index is 0. The molecule has 0 atom stereocenters. The van der Waals surface area contributed by atoms with E-state index in [0.29, 0.717) is 11.8 Å². The van der Waals surface area contributed by atoms with Crippen molar-refractivity contribution in [1.82, 2.24) is 19.9 Å². The van der Waals surface area contributed by atoms with E-state index in [0.717, 1.165) is 57.1 Å². The average Bonchev–Trinajstić information content (AvgIpc) is 3.77. The fourth-order valence-corrected chi connectivity index (χ4v) is 6.23. The minimum absolute atomic E-state index is 0. The number of anilines is 8. The molecule has 2 aliphatic heterocycles. The molecule has 0 aliphatic carbocycles. The van der Waals surface area contributed by atoms with Gasteiger partial charge in [-0.2, -0.15) is 54.1 Å². The number of benzene rings is 5. The Balaban J connectivity index is 0.000000173. The van der Waals surface area contributed by atoms with Crippen LogP contribution in [0.3, 0.4) is 0 Å². The second-order valence-electron chi connectivity index (χ2n) is 13.3. The first-order valence-corrected chi connectivity index (χ1v) is 17.5. The predicted molar refractivity (Wildman–Crippen MR) is 210 cm³/mol. The van der Waals surface area contributed by atoms with Gasteiger partial charge in [0.05, 0.1) is 11.0 Å². The second-order valence-corrected chi connectivity index (χ2v) is 13.3. The van der Waals surface area contributed by atoms with Crippen LogP contribution in [0, 0.1) is 25.5 Å². The van der Waals surface area contributed by atoms with E-state index >= 15 is 0 Å². The van der Waals surface area contributed by atoms with Crippen LogP contribution in [0.5, 0.6) is 0 Å². The molecule has 53 heavy (non-hydrogen) atoms. The number of hydrogen-bond donors (Lipinski definition) is 0. The molecular formula is C44H38IrN8-4.